The zero-order chi connectivity index (χ0) is 24.2. The van der Waals surface area contributed by atoms with E-state index in [9.17, 15) is 13.2 Å². The van der Waals surface area contributed by atoms with Gasteiger partial charge in [-0.15, -0.1) is 0 Å². The molecule has 0 aliphatic carbocycles. The molecule has 0 fully saturated rings. The topological polar surface area (TPSA) is 143 Å². The van der Waals surface area contributed by atoms with Crippen LogP contribution in [0.15, 0.2) is 23.5 Å². The van der Waals surface area contributed by atoms with Crippen LogP contribution >= 0.6 is 0 Å². The summed E-state index contributed by atoms with van der Waals surface area (Å²) in [5, 5.41) is 10.9. The number of nitrogens with one attached hydrogen (secondary N) is 3. The highest BCUT2D eigenvalue weighted by atomic mass is 32.2. The van der Waals surface area contributed by atoms with Gasteiger partial charge in [0.15, 0.2) is 11.5 Å². The number of amides is 1. The average molecular weight is 479 g/mol. The summed E-state index contributed by atoms with van der Waals surface area (Å²) in [6.07, 6.45) is 4.91. The molecule has 0 radical (unpaired) electrons. The van der Waals surface area contributed by atoms with Crippen LogP contribution in [0, 0.1) is 0 Å². The first-order valence-corrected chi connectivity index (χ1v) is 12.5. The Balaban J connectivity index is 2.20. The van der Waals surface area contributed by atoms with Gasteiger partial charge in [0, 0.05) is 26.7 Å². The van der Waals surface area contributed by atoms with Crippen LogP contribution in [0.2, 0.25) is 0 Å². The maximum absolute atomic E-state index is 12.8. The first kappa shape index (κ1) is 24.5. The fourth-order valence-corrected chi connectivity index (χ4v) is 3.60. The van der Waals surface area contributed by atoms with E-state index in [0.717, 1.165) is 17.6 Å². The predicted octanol–water partition coefficient (Wildman–Crippen LogP) is 0.811. The monoisotopic (exact) mass is 478 g/mol. The second kappa shape index (κ2) is 10.2. The molecule has 1 aliphatic rings. The Bertz CT molecular complexity index is 1200. The number of nitrogens with zero attached hydrogens (tertiary/aromatic N) is 5. The molecule has 3 rings (SSSR count). The molecule has 0 unspecified atom stereocenters. The number of ether oxygens (including phenoxy) is 1. The zero-order valence-electron chi connectivity index (χ0n) is 19.5. The molecular formula is C20H30N8O4S. The van der Waals surface area contributed by atoms with Gasteiger partial charge < -0.3 is 20.3 Å². The largest absolute Gasteiger partial charge is 0.380 e. The van der Waals surface area contributed by atoms with Gasteiger partial charge >= 0.3 is 0 Å². The SMILES string of the molecule is CCOCCn1nc(C(=O)NS(C)(=O)=O)c2nc(N(C)CC)nc(NC3=CC(C)=CCN3)c21. The van der Waals surface area contributed by atoms with Crippen LogP contribution in [0.25, 0.3) is 11.0 Å². The van der Waals surface area contributed by atoms with E-state index in [-0.39, 0.29) is 11.2 Å². The molecule has 0 aromatic carbocycles. The maximum atomic E-state index is 12.8. The van der Waals surface area contributed by atoms with Crippen molar-refractivity contribution < 1.29 is 17.9 Å². The number of sulfonamides is 1. The van der Waals surface area contributed by atoms with Gasteiger partial charge in [-0.05, 0) is 32.4 Å². The number of dihydropyridines is 1. The Morgan fingerprint density at radius 2 is 2.09 bits per heavy atom. The van der Waals surface area contributed by atoms with Crippen molar-refractivity contribution in [2.75, 3.05) is 49.8 Å². The van der Waals surface area contributed by atoms with Crippen molar-refractivity contribution in [1.82, 2.24) is 29.8 Å². The molecule has 0 bridgehead atoms. The number of anilines is 2. The normalized spacial score (nSPS) is 13.8. The molecule has 1 aliphatic heterocycles. The summed E-state index contributed by atoms with van der Waals surface area (Å²) in [4.78, 5) is 23.8. The van der Waals surface area contributed by atoms with E-state index >= 15 is 0 Å². The summed E-state index contributed by atoms with van der Waals surface area (Å²) in [7, 11) is -1.97. The molecule has 0 saturated carbocycles. The lowest BCUT2D eigenvalue weighted by atomic mass is 10.2. The fourth-order valence-electron chi connectivity index (χ4n) is 3.16. The quantitative estimate of drug-likeness (QED) is 0.420. The summed E-state index contributed by atoms with van der Waals surface area (Å²) in [5.41, 5.74) is 1.69. The molecule has 33 heavy (non-hydrogen) atoms. The van der Waals surface area contributed by atoms with Gasteiger partial charge in [-0.3, -0.25) is 9.48 Å². The minimum Gasteiger partial charge on any atom is -0.380 e. The molecule has 3 N–H and O–H groups in total. The van der Waals surface area contributed by atoms with Crippen LogP contribution in [0.5, 0.6) is 0 Å². The first-order chi connectivity index (χ1) is 15.6. The van der Waals surface area contributed by atoms with Crippen molar-refractivity contribution in [2.45, 2.75) is 27.3 Å². The molecule has 180 valence electrons. The molecule has 2 aromatic heterocycles. The van der Waals surface area contributed by atoms with Crippen molar-refractivity contribution in [3.05, 3.63) is 29.2 Å². The van der Waals surface area contributed by atoms with Gasteiger partial charge in [0.1, 0.15) is 16.9 Å². The van der Waals surface area contributed by atoms with Crippen molar-refractivity contribution >= 4 is 38.7 Å². The van der Waals surface area contributed by atoms with E-state index in [0.29, 0.717) is 50.1 Å². The number of hydrogen-bond donors (Lipinski definition) is 3. The lowest BCUT2D eigenvalue weighted by Crippen LogP contribution is -2.30. The van der Waals surface area contributed by atoms with Gasteiger partial charge in [-0.1, -0.05) is 6.08 Å². The number of carbonyl (C=O) groups excluding carboxylic acids is 1. The number of aromatic nitrogens is 4. The Labute approximate surface area is 193 Å². The number of rotatable bonds is 10. The van der Waals surface area contributed by atoms with Crippen LogP contribution in [0.4, 0.5) is 11.8 Å². The highest BCUT2D eigenvalue weighted by molar-refractivity contribution is 7.89. The number of allylic oxidation sites excluding steroid dienone is 2. The van der Waals surface area contributed by atoms with E-state index in [1.54, 1.807) is 4.68 Å². The van der Waals surface area contributed by atoms with E-state index in [1.807, 2.05) is 43.5 Å². The molecule has 0 spiro atoms. The third-order valence-electron chi connectivity index (χ3n) is 4.88. The van der Waals surface area contributed by atoms with E-state index < -0.39 is 15.9 Å². The van der Waals surface area contributed by atoms with E-state index in [1.165, 1.54) is 0 Å². The number of fused-ring (bicyclic) bond motifs is 1. The number of hydrogen-bond acceptors (Lipinski definition) is 10. The minimum atomic E-state index is -3.79. The standard InChI is InChI=1S/C20H30N8O4S/c1-6-27(4)20-23-15-16(19(29)26-33(5,30)31)25-28(10-11-32-7-2)17(15)18(24-20)22-14-12-13(3)8-9-21-14/h8,12,21H,6-7,9-11H2,1-5H3,(H,26,29)(H,22,23,24). The van der Waals surface area contributed by atoms with Gasteiger partial charge in [0.05, 0.1) is 19.4 Å². The molecular weight excluding hydrogens is 448 g/mol. The lowest BCUT2D eigenvalue weighted by Gasteiger charge is -2.19. The van der Waals surface area contributed by atoms with Crippen molar-refractivity contribution in [2.24, 2.45) is 0 Å². The Kier molecular flexibility index (Phi) is 7.53. The summed E-state index contributed by atoms with van der Waals surface area (Å²) >= 11 is 0. The summed E-state index contributed by atoms with van der Waals surface area (Å²) in [6, 6.07) is 0. The first-order valence-electron chi connectivity index (χ1n) is 10.6. The van der Waals surface area contributed by atoms with Crippen LogP contribution in [-0.4, -0.2) is 73.7 Å². The van der Waals surface area contributed by atoms with Gasteiger partial charge in [0.25, 0.3) is 5.91 Å². The van der Waals surface area contributed by atoms with Crippen LogP contribution in [-0.2, 0) is 21.3 Å². The smallest absolute Gasteiger partial charge is 0.287 e. The second-order valence-corrected chi connectivity index (χ2v) is 9.32. The van der Waals surface area contributed by atoms with E-state index in [4.69, 9.17) is 4.74 Å². The zero-order valence-corrected chi connectivity index (χ0v) is 20.3. The molecule has 1 amide bonds. The molecule has 13 heteroatoms. The molecule has 12 nitrogen and oxygen atoms in total. The Hall–Kier alpha value is -3.19. The van der Waals surface area contributed by atoms with E-state index in [2.05, 4.69) is 31.8 Å². The average Bonchev–Trinajstić information content (AvgIpc) is 3.11. The molecule has 2 aromatic rings. The fraction of sp³-hybridized carbons (Fsp3) is 0.500. The Morgan fingerprint density at radius 1 is 1.33 bits per heavy atom. The van der Waals surface area contributed by atoms with Gasteiger partial charge in [-0.2, -0.15) is 10.1 Å². The third kappa shape index (κ3) is 5.99. The van der Waals surface area contributed by atoms with Crippen molar-refractivity contribution in [1.29, 1.82) is 0 Å². The molecule has 3 heterocycles. The van der Waals surface area contributed by atoms with Crippen LogP contribution in [0.3, 0.4) is 0 Å². The van der Waals surface area contributed by atoms with Gasteiger partial charge in [0.2, 0.25) is 16.0 Å². The Morgan fingerprint density at radius 3 is 2.73 bits per heavy atom. The third-order valence-corrected chi connectivity index (χ3v) is 5.43. The van der Waals surface area contributed by atoms with Crippen molar-refractivity contribution in [3.63, 3.8) is 0 Å². The van der Waals surface area contributed by atoms with Gasteiger partial charge in [-0.25, -0.2) is 18.1 Å². The van der Waals surface area contributed by atoms with Crippen molar-refractivity contribution in [3.8, 4) is 0 Å². The highest BCUT2D eigenvalue weighted by Gasteiger charge is 2.26. The summed E-state index contributed by atoms with van der Waals surface area (Å²) in [5.74, 6) is 0.682. The molecule has 0 atom stereocenters. The van der Waals surface area contributed by atoms with Crippen LogP contribution < -0.4 is 20.3 Å². The second-order valence-electron chi connectivity index (χ2n) is 7.57. The summed E-state index contributed by atoms with van der Waals surface area (Å²) < 4.78 is 32.4. The predicted molar refractivity (Wildman–Crippen MR) is 127 cm³/mol. The lowest BCUT2D eigenvalue weighted by molar-refractivity contribution is 0.0975. The number of carbonyl (C=O) groups is 1. The maximum Gasteiger partial charge on any atom is 0.287 e. The summed E-state index contributed by atoms with van der Waals surface area (Å²) in [6.45, 7) is 8.30. The van der Waals surface area contributed by atoms with Crippen LogP contribution in [0.1, 0.15) is 31.3 Å². The highest BCUT2D eigenvalue weighted by Crippen LogP contribution is 2.27. The minimum absolute atomic E-state index is 0.107. The molecule has 0 saturated heterocycles.